The normalized spacial score (nSPS) is 14.3. The van der Waals surface area contributed by atoms with E-state index in [4.69, 9.17) is 9.47 Å². The second-order valence-corrected chi connectivity index (χ2v) is 7.67. The number of hydrogen-bond donors (Lipinski definition) is 0. The smallest absolute Gasteiger partial charge is 0.397 e. The minimum Gasteiger partial charge on any atom is -0.454 e. The van der Waals surface area contributed by atoms with Crippen LogP contribution in [0.15, 0.2) is 66.7 Å². The van der Waals surface area contributed by atoms with Crippen molar-refractivity contribution in [2.75, 3.05) is 6.61 Å². The van der Waals surface area contributed by atoms with Crippen LogP contribution in [0.1, 0.15) is 34.6 Å². The third-order valence-electron chi connectivity index (χ3n) is 5.44. The molecule has 4 rings (SSSR count). The molecule has 6 heteroatoms. The van der Waals surface area contributed by atoms with E-state index in [9.17, 15) is 17.6 Å². The SMILES string of the molecule is Fc1ccc(COCC(c2ccc3c(c2)CCC3)C(F)(F)F)cc1Oc1ccccc1. The van der Waals surface area contributed by atoms with Crippen LogP contribution in [0, 0.1) is 5.82 Å². The lowest BCUT2D eigenvalue weighted by Crippen LogP contribution is -2.25. The van der Waals surface area contributed by atoms with Crippen molar-refractivity contribution in [2.45, 2.75) is 38.0 Å². The zero-order valence-electron chi connectivity index (χ0n) is 16.8. The fourth-order valence-corrected chi connectivity index (χ4v) is 3.81. The Hall–Kier alpha value is -2.86. The quantitative estimate of drug-likeness (QED) is 0.377. The Morgan fingerprint density at radius 1 is 0.871 bits per heavy atom. The summed E-state index contributed by atoms with van der Waals surface area (Å²) in [5.41, 5.74) is 2.87. The standard InChI is InChI=1S/C25H22F4O2/c26-23-12-9-17(13-24(23)31-21-7-2-1-3-8-21)15-30-16-22(25(27,28)29)20-11-10-18-5-4-6-19(18)14-20/h1-3,7-14,22H,4-6,15-16H2. The van der Waals surface area contributed by atoms with Crippen LogP contribution in [0.25, 0.3) is 0 Å². The molecule has 0 radical (unpaired) electrons. The van der Waals surface area contributed by atoms with Crippen molar-refractivity contribution in [2.24, 2.45) is 0 Å². The molecule has 162 valence electrons. The molecule has 2 nitrogen and oxygen atoms in total. The minimum atomic E-state index is -4.42. The Morgan fingerprint density at radius 3 is 2.42 bits per heavy atom. The van der Waals surface area contributed by atoms with E-state index in [-0.39, 0.29) is 17.9 Å². The van der Waals surface area contributed by atoms with Gasteiger partial charge >= 0.3 is 6.18 Å². The maximum atomic E-state index is 14.1. The predicted molar refractivity (Wildman–Crippen MR) is 110 cm³/mol. The first-order chi connectivity index (χ1) is 14.9. The van der Waals surface area contributed by atoms with Gasteiger partial charge in [0.2, 0.25) is 0 Å². The van der Waals surface area contributed by atoms with Gasteiger partial charge in [-0.15, -0.1) is 0 Å². The highest BCUT2D eigenvalue weighted by molar-refractivity contribution is 5.37. The number of rotatable bonds is 7. The summed E-state index contributed by atoms with van der Waals surface area (Å²) in [6.07, 6.45) is -1.71. The Bertz CT molecular complexity index is 1030. The number of fused-ring (bicyclic) bond motifs is 1. The molecular weight excluding hydrogens is 408 g/mol. The molecule has 1 unspecified atom stereocenters. The lowest BCUT2D eigenvalue weighted by molar-refractivity contribution is -0.163. The summed E-state index contributed by atoms with van der Waals surface area (Å²) in [5.74, 6) is -1.80. The molecule has 0 amide bonds. The van der Waals surface area contributed by atoms with E-state index < -0.39 is 24.5 Å². The molecule has 1 atom stereocenters. The summed E-state index contributed by atoms with van der Waals surface area (Å²) in [6.45, 7) is -0.586. The predicted octanol–water partition coefficient (Wildman–Crippen LogP) is 6.97. The molecule has 0 saturated heterocycles. The van der Waals surface area contributed by atoms with Crippen molar-refractivity contribution in [3.63, 3.8) is 0 Å². The van der Waals surface area contributed by atoms with E-state index >= 15 is 0 Å². The van der Waals surface area contributed by atoms with Crippen LogP contribution in [0.3, 0.4) is 0 Å². The number of halogens is 4. The van der Waals surface area contributed by atoms with Gasteiger partial charge in [-0.05, 0) is 65.8 Å². The first-order valence-corrected chi connectivity index (χ1v) is 10.2. The second-order valence-electron chi connectivity index (χ2n) is 7.67. The van der Waals surface area contributed by atoms with Gasteiger partial charge in [0, 0.05) is 0 Å². The largest absolute Gasteiger partial charge is 0.454 e. The fraction of sp³-hybridized carbons (Fsp3) is 0.280. The molecule has 0 fully saturated rings. The molecular formula is C25H22F4O2. The van der Waals surface area contributed by atoms with Crippen LogP contribution >= 0.6 is 0 Å². The van der Waals surface area contributed by atoms with Crippen molar-refractivity contribution < 1.29 is 27.0 Å². The zero-order chi connectivity index (χ0) is 21.8. The van der Waals surface area contributed by atoms with Crippen LogP contribution in [0.2, 0.25) is 0 Å². The molecule has 3 aromatic rings. The average molecular weight is 430 g/mol. The van der Waals surface area contributed by atoms with E-state index in [0.29, 0.717) is 11.3 Å². The molecule has 0 bridgehead atoms. The number of para-hydroxylation sites is 1. The third kappa shape index (κ3) is 5.25. The molecule has 3 aromatic carbocycles. The van der Waals surface area contributed by atoms with Gasteiger partial charge in [-0.25, -0.2) is 4.39 Å². The van der Waals surface area contributed by atoms with Gasteiger partial charge in [0.1, 0.15) is 11.7 Å². The van der Waals surface area contributed by atoms with Crippen molar-refractivity contribution in [3.05, 3.63) is 94.8 Å². The number of hydrogen-bond acceptors (Lipinski definition) is 2. The lowest BCUT2D eigenvalue weighted by atomic mass is 9.95. The first-order valence-electron chi connectivity index (χ1n) is 10.2. The van der Waals surface area contributed by atoms with Crippen LogP contribution in [-0.2, 0) is 24.2 Å². The summed E-state index contributed by atoms with van der Waals surface area (Å²) >= 11 is 0. The molecule has 0 aromatic heterocycles. The maximum Gasteiger partial charge on any atom is 0.397 e. The van der Waals surface area contributed by atoms with Crippen molar-refractivity contribution in [3.8, 4) is 11.5 Å². The molecule has 0 N–H and O–H groups in total. The molecule has 1 aliphatic carbocycles. The topological polar surface area (TPSA) is 18.5 Å². The van der Waals surface area contributed by atoms with Crippen molar-refractivity contribution in [1.82, 2.24) is 0 Å². The van der Waals surface area contributed by atoms with Gasteiger partial charge < -0.3 is 9.47 Å². The highest BCUT2D eigenvalue weighted by Crippen LogP contribution is 2.37. The van der Waals surface area contributed by atoms with Crippen LogP contribution < -0.4 is 4.74 Å². The van der Waals surface area contributed by atoms with Gasteiger partial charge in [0.25, 0.3) is 0 Å². The van der Waals surface area contributed by atoms with E-state index in [1.807, 2.05) is 6.07 Å². The monoisotopic (exact) mass is 430 g/mol. The number of benzene rings is 3. The van der Waals surface area contributed by atoms with Gasteiger partial charge in [-0.3, -0.25) is 0 Å². The Labute approximate surface area is 178 Å². The van der Waals surface area contributed by atoms with Crippen LogP contribution in [0.4, 0.5) is 17.6 Å². The molecule has 0 saturated carbocycles. The van der Waals surface area contributed by atoms with Crippen LogP contribution in [-0.4, -0.2) is 12.8 Å². The molecule has 31 heavy (non-hydrogen) atoms. The van der Waals surface area contributed by atoms with Gasteiger partial charge in [-0.2, -0.15) is 13.2 Å². The van der Waals surface area contributed by atoms with Crippen molar-refractivity contribution >= 4 is 0 Å². The summed E-state index contributed by atoms with van der Waals surface area (Å²) in [6, 6.07) is 17.9. The lowest BCUT2D eigenvalue weighted by Gasteiger charge is -2.21. The molecule has 0 aliphatic heterocycles. The van der Waals surface area contributed by atoms with E-state index in [2.05, 4.69) is 0 Å². The minimum absolute atomic E-state index is 0.00158. The van der Waals surface area contributed by atoms with Gasteiger partial charge in [0.15, 0.2) is 11.6 Å². The summed E-state index contributed by atoms with van der Waals surface area (Å²) in [7, 11) is 0. The van der Waals surface area contributed by atoms with E-state index in [1.165, 1.54) is 18.2 Å². The van der Waals surface area contributed by atoms with Gasteiger partial charge in [0.05, 0.1) is 13.2 Å². The third-order valence-corrected chi connectivity index (χ3v) is 5.44. The van der Waals surface area contributed by atoms with Gasteiger partial charge in [-0.1, -0.05) is 42.5 Å². The summed E-state index contributed by atoms with van der Waals surface area (Å²) in [4.78, 5) is 0. The van der Waals surface area contributed by atoms with E-state index in [1.54, 1.807) is 42.5 Å². The molecule has 0 spiro atoms. The molecule has 0 heterocycles. The Balaban J connectivity index is 1.43. The maximum absolute atomic E-state index is 14.1. The summed E-state index contributed by atoms with van der Waals surface area (Å²) in [5, 5.41) is 0. The number of alkyl halides is 3. The summed E-state index contributed by atoms with van der Waals surface area (Å²) < 4.78 is 66.1. The number of aryl methyl sites for hydroxylation is 2. The molecule has 1 aliphatic rings. The highest BCUT2D eigenvalue weighted by Gasteiger charge is 2.41. The van der Waals surface area contributed by atoms with Crippen LogP contribution in [0.5, 0.6) is 11.5 Å². The zero-order valence-corrected chi connectivity index (χ0v) is 16.8. The highest BCUT2D eigenvalue weighted by atomic mass is 19.4. The average Bonchev–Trinajstić information content (AvgIpc) is 3.21. The number of ether oxygens (including phenoxy) is 2. The fourth-order valence-electron chi connectivity index (χ4n) is 3.81. The Morgan fingerprint density at radius 2 is 1.65 bits per heavy atom. The first kappa shape index (κ1) is 21.4. The Kier molecular flexibility index (Phi) is 6.28. The second kappa shape index (κ2) is 9.10. The van der Waals surface area contributed by atoms with E-state index in [0.717, 1.165) is 30.4 Å². The van der Waals surface area contributed by atoms with Crippen molar-refractivity contribution in [1.29, 1.82) is 0 Å².